The molecule has 0 spiro atoms. The van der Waals surface area contributed by atoms with Gasteiger partial charge in [-0.1, -0.05) is 32.0 Å². The highest BCUT2D eigenvalue weighted by atomic mass is 15.1. The Kier molecular flexibility index (Phi) is 2.44. The van der Waals surface area contributed by atoms with Crippen molar-refractivity contribution in [3.63, 3.8) is 0 Å². The van der Waals surface area contributed by atoms with Gasteiger partial charge in [-0.15, -0.1) is 0 Å². The molecule has 0 bridgehead atoms. The lowest BCUT2D eigenvalue weighted by atomic mass is 10.0. The minimum absolute atomic E-state index is 0.493. The maximum atomic E-state index is 4.23. The monoisotopic (exact) mass is 186 g/mol. The molecule has 1 atom stereocenters. The summed E-state index contributed by atoms with van der Waals surface area (Å²) in [5.41, 5.74) is 2.06. The average molecular weight is 186 g/mol. The summed E-state index contributed by atoms with van der Waals surface area (Å²) in [6.45, 7) is 4.35. The Labute approximate surface area is 84.0 Å². The number of fused-ring (bicyclic) bond motifs is 1. The van der Waals surface area contributed by atoms with Crippen molar-refractivity contribution in [2.75, 3.05) is 0 Å². The second kappa shape index (κ2) is 3.74. The van der Waals surface area contributed by atoms with Crippen molar-refractivity contribution in [2.24, 2.45) is 0 Å². The minimum Gasteiger partial charge on any atom is -0.155 e. The molecule has 0 amide bonds. The van der Waals surface area contributed by atoms with E-state index in [1.54, 1.807) is 0 Å². The lowest BCUT2D eigenvalue weighted by Gasteiger charge is -2.07. The molecule has 1 aromatic heterocycles. The predicted molar refractivity (Wildman–Crippen MR) is 58.2 cm³/mol. The van der Waals surface area contributed by atoms with Crippen LogP contribution in [0.3, 0.4) is 0 Å². The first-order chi connectivity index (χ1) is 6.81. The highest BCUT2D eigenvalue weighted by Crippen LogP contribution is 2.19. The maximum Gasteiger partial charge on any atom is 0.0929 e. The predicted octanol–water partition coefficient (Wildman–Crippen LogP) is 3.14. The van der Waals surface area contributed by atoms with Gasteiger partial charge >= 0.3 is 0 Å². The van der Waals surface area contributed by atoms with Crippen molar-refractivity contribution >= 4 is 10.9 Å². The largest absolute Gasteiger partial charge is 0.155 e. The lowest BCUT2D eigenvalue weighted by molar-refractivity contribution is 0.695. The minimum atomic E-state index is 0.493. The zero-order chi connectivity index (χ0) is 9.97. The van der Waals surface area contributed by atoms with Gasteiger partial charge in [-0.05, 0) is 24.5 Å². The Balaban J connectivity index is 2.51. The second-order valence-electron chi connectivity index (χ2n) is 3.64. The standard InChI is InChI=1S/C12H14N2/c1-3-9(2)12-8-10-6-4-5-7-11(10)13-14-12/h4-9H,3H2,1-2H3. The van der Waals surface area contributed by atoms with E-state index in [0.717, 1.165) is 17.6 Å². The number of nitrogens with zero attached hydrogens (tertiary/aromatic N) is 2. The van der Waals surface area contributed by atoms with Gasteiger partial charge < -0.3 is 0 Å². The molecule has 0 N–H and O–H groups in total. The third-order valence-electron chi connectivity index (χ3n) is 2.63. The van der Waals surface area contributed by atoms with Crippen LogP contribution in [0, 0.1) is 0 Å². The molecule has 0 aliphatic heterocycles. The van der Waals surface area contributed by atoms with Crippen LogP contribution in [0.2, 0.25) is 0 Å². The second-order valence-corrected chi connectivity index (χ2v) is 3.64. The molecule has 72 valence electrons. The van der Waals surface area contributed by atoms with E-state index in [-0.39, 0.29) is 0 Å². The molecule has 2 heteroatoms. The highest BCUT2D eigenvalue weighted by Gasteiger charge is 2.05. The Morgan fingerprint density at radius 2 is 2.00 bits per heavy atom. The van der Waals surface area contributed by atoms with E-state index < -0.39 is 0 Å². The van der Waals surface area contributed by atoms with E-state index in [2.05, 4.69) is 36.2 Å². The van der Waals surface area contributed by atoms with Crippen molar-refractivity contribution in [2.45, 2.75) is 26.2 Å². The molecule has 0 saturated carbocycles. The average Bonchev–Trinajstić information content (AvgIpc) is 2.27. The van der Waals surface area contributed by atoms with Crippen LogP contribution in [0.15, 0.2) is 30.3 Å². The normalized spacial score (nSPS) is 13.0. The zero-order valence-electron chi connectivity index (χ0n) is 8.57. The van der Waals surface area contributed by atoms with E-state index >= 15 is 0 Å². The first-order valence-electron chi connectivity index (χ1n) is 5.03. The highest BCUT2D eigenvalue weighted by molar-refractivity contribution is 5.77. The van der Waals surface area contributed by atoms with Crippen molar-refractivity contribution in [1.82, 2.24) is 10.2 Å². The number of aromatic nitrogens is 2. The molecule has 14 heavy (non-hydrogen) atoms. The smallest absolute Gasteiger partial charge is 0.0929 e. The quantitative estimate of drug-likeness (QED) is 0.720. The summed E-state index contributed by atoms with van der Waals surface area (Å²) in [6.07, 6.45) is 1.10. The van der Waals surface area contributed by atoms with Crippen LogP contribution in [-0.2, 0) is 0 Å². The van der Waals surface area contributed by atoms with E-state index in [9.17, 15) is 0 Å². The zero-order valence-corrected chi connectivity index (χ0v) is 8.57. The fraction of sp³-hybridized carbons (Fsp3) is 0.333. The molecule has 1 unspecified atom stereocenters. The van der Waals surface area contributed by atoms with Crippen LogP contribution in [-0.4, -0.2) is 10.2 Å². The molecule has 0 aliphatic carbocycles. The van der Waals surface area contributed by atoms with E-state index in [1.807, 2.05) is 18.2 Å². The Bertz CT molecular complexity index is 437. The molecule has 2 rings (SSSR count). The molecule has 1 heterocycles. The summed E-state index contributed by atoms with van der Waals surface area (Å²) < 4.78 is 0. The van der Waals surface area contributed by atoms with Crippen LogP contribution in [0.5, 0.6) is 0 Å². The molecule has 0 aliphatic rings. The SMILES string of the molecule is CCC(C)c1cc2ccccc2nn1. The summed E-state index contributed by atoms with van der Waals surface area (Å²) in [5.74, 6) is 0.493. The van der Waals surface area contributed by atoms with Crippen molar-refractivity contribution in [1.29, 1.82) is 0 Å². The van der Waals surface area contributed by atoms with E-state index in [1.165, 1.54) is 5.39 Å². The fourth-order valence-corrected chi connectivity index (χ4v) is 1.45. The van der Waals surface area contributed by atoms with Gasteiger partial charge in [-0.2, -0.15) is 10.2 Å². The van der Waals surface area contributed by atoms with Gasteiger partial charge in [0.1, 0.15) is 0 Å². The van der Waals surface area contributed by atoms with Gasteiger partial charge in [-0.3, -0.25) is 0 Å². The summed E-state index contributed by atoms with van der Waals surface area (Å²) >= 11 is 0. The first kappa shape index (κ1) is 9.13. The van der Waals surface area contributed by atoms with E-state index in [0.29, 0.717) is 5.92 Å². The molecule has 2 nitrogen and oxygen atoms in total. The molecule has 0 radical (unpaired) electrons. The number of hydrogen-bond acceptors (Lipinski definition) is 2. The Morgan fingerprint density at radius 1 is 1.21 bits per heavy atom. The van der Waals surface area contributed by atoms with Gasteiger partial charge in [0.2, 0.25) is 0 Å². The van der Waals surface area contributed by atoms with Crippen LogP contribution < -0.4 is 0 Å². The number of benzene rings is 1. The molecule has 0 fully saturated rings. The third kappa shape index (κ3) is 1.60. The van der Waals surface area contributed by atoms with Crippen LogP contribution >= 0.6 is 0 Å². The number of hydrogen-bond donors (Lipinski definition) is 0. The summed E-state index contributed by atoms with van der Waals surface area (Å²) in [7, 11) is 0. The van der Waals surface area contributed by atoms with Gasteiger partial charge in [0, 0.05) is 5.39 Å². The maximum absolute atomic E-state index is 4.23. The van der Waals surface area contributed by atoms with Crippen LogP contribution in [0.1, 0.15) is 31.9 Å². The van der Waals surface area contributed by atoms with Crippen molar-refractivity contribution in [3.8, 4) is 0 Å². The van der Waals surface area contributed by atoms with E-state index in [4.69, 9.17) is 0 Å². The van der Waals surface area contributed by atoms with Crippen molar-refractivity contribution in [3.05, 3.63) is 36.0 Å². The molecule has 2 aromatic rings. The van der Waals surface area contributed by atoms with Gasteiger partial charge in [0.15, 0.2) is 0 Å². The number of rotatable bonds is 2. The lowest BCUT2D eigenvalue weighted by Crippen LogP contribution is -1.97. The molecular weight excluding hydrogens is 172 g/mol. The van der Waals surface area contributed by atoms with Gasteiger partial charge in [0.25, 0.3) is 0 Å². The molecule has 1 aromatic carbocycles. The summed E-state index contributed by atoms with van der Waals surface area (Å²) in [5, 5.41) is 9.61. The van der Waals surface area contributed by atoms with Gasteiger partial charge in [-0.25, -0.2) is 0 Å². The first-order valence-corrected chi connectivity index (χ1v) is 5.03. The molecule has 0 saturated heterocycles. The van der Waals surface area contributed by atoms with Crippen LogP contribution in [0.25, 0.3) is 10.9 Å². The molecular formula is C12H14N2. The van der Waals surface area contributed by atoms with Crippen LogP contribution in [0.4, 0.5) is 0 Å². The topological polar surface area (TPSA) is 25.8 Å². The summed E-state index contributed by atoms with van der Waals surface area (Å²) in [6, 6.07) is 10.2. The Hall–Kier alpha value is -1.44. The third-order valence-corrected chi connectivity index (χ3v) is 2.63. The fourth-order valence-electron chi connectivity index (χ4n) is 1.45. The summed E-state index contributed by atoms with van der Waals surface area (Å²) in [4.78, 5) is 0. The van der Waals surface area contributed by atoms with Crippen molar-refractivity contribution < 1.29 is 0 Å². The Morgan fingerprint density at radius 3 is 2.79 bits per heavy atom. The van der Waals surface area contributed by atoms with Gasteiger partial charge in [0.05, 0.1) is 11.2 Å².